The number of ether oxygens (including phenoxy) is 1. The van der Waals surface area contributed by atoms with Gasteiger partial charge < -0.3 is 15.6 Å². The number of rotatable bonds is 5. The minimum absolute atomic E-state index is 0.0983. The molecule has 0 aromatic carbocycles. The predicted molar refractivity (Wildman–Crippen MR) is 43.2 cm³/mol. The number of nitrogens with two attached hydrogens (primary N) is 1. The van der Waals surface area contributed by atoms with E-state index in [1.807, 2.05) is 0 Å². The van der Waals surface area contributed by atoms with Gasteiger partial charge in [-0.15, -0.1) is 0 Å². The zero-order chi connectivity index (χ0) is 8.97. The van der Waals surface area contributed by atoms with Gasteiger partial charge in [0.25, 0.3) is 0 Å². The second kappa shape index (κ2) is 4.42. The molecule has 1 rings (SSSR count). The number of cyclic esters (lactones) is 1. The van der Waals surface area contributed by atoms with Crippen molar-refractivity contribution in [2.45, 2.75) is 44.4 Å². The number of hydrogen-bond donors (Lipinski definition) is 2. The van der Waals surface area contributed by atoms with Crippen LogP contribution in [-0.2, 0) is 9.53 Å². The predicted octanol–water partition coefficient (Wildman–Crippen LogP) is 0.139. The third-order valence-electron chi connectivity index (χ3n) is 1.97. The van der Waals surface area contributed by atoms with Gasteiger partial charge in [0.2, 0.25) is 0 Å². The molecular weight excluding hydrogens is 158 g/mol. The third kappa shape index (κ3) is 3.19. The van der Waals surface area contributed by atoms with Gasteiger partial charge in [-0.1, -0.05) is 0 Å². The average Bonchev–Trinajstić information content (AvgIpc) is 1.93. The fourth-order valence-electron chi connectivity index (χ4n) is 1.25. The Hall–Kier alpha value is -0.610. The Morgan fingerprint density at radius 3 is 2.83 bits per heavy atom. The van der Waals surface area contributed by atoms with Gasteiger partial charge in [-0.25, -0.2) is 0 Å². The zero-order valence-electron chi connectivity index (χ0n) is 7.03. The fraction of sp³-hybridized carbons (Fsp3) is 0.875. The van der Waals surface area contributed by atoms with Crippen LogP contribution in [-0.4, -0.2) is 23.4 Å². The van der Waals surface area contributed by atoms with Crippen molar-refractivity contribution in [3.63, 3.8) is 0 Å². The summed E-state index contributed by atoms with van der Waals surface area (Å²) in [5.41, 5.74) is 5.15. The highest BCUT2D eigenvalue weighted by Gasteiger charge is 2.27. The molecule has 3 N–H and O–H groups in total. The van der Waals surface area contributed by atoms with Gasteiger partial charge in [0.15, 0.2) is 0 Å². The van der Waals surface area contributed by atoms with E-state index in [4.69, 9.17) is 15.6 Å². The van der Waals surface area contributed by atoms with Crippen LogP contribution in [0.3, 0.4) is 0 Å². The maximum absolute atomic E-state index is 10.4. The molecule has 1 heterocycles. The molecule has 1 fully saturated rings. The molecule has 0 spiro atoms. The van der Waals surface area contributed by atoms with Gasteiger partial charge in [0.1, 0.15) is 12.3 Å². The standard InChI is InChI=1S/C8H15NO3/c9-7(10)4-2-1-3-6-5-8(11)12-6/h6-7,10H,1-5,9H2. The second-order valence-electron chi connectivity index (χ2n) is 3.17. The normalized spacial score (nSPS) is 24.5. The lowest BCUT2D eigenvalue weighted by atomic mass is 10.0. The van der Waals surface area contributed by atoms with Crippen LogP contribution in [0.25, 0.3) is 0 Å². The quantitative estimate of drug-likeness (QED) is 0.352. The maximum Gasteiger partial charge on any atom is 0.309 e. The Balaban J connectivity index is 1.86. The molecule has 12 heavy (non-hydrogen) atoms. The molecule has 0 bridgehead atoms. The van der Waals surface area contributed by atoms with Crippen molar-refractivity contribution in [3.8, 4) is 0 Å². The van der Waals surface area contributed by atoms with Gasteiger partial charge in [-0.2, -0.15) is 0 Å². The van der Waals surface area contributed by atoms with Crippen molar-refractivity contribution in [2.24, 2.45) is 5.73 Å². The van der Waals surface area contributed by atoms with Gasteiger partial charge in [-0.05, 0) is 25.7 Å². The monoisotopic (exact) mass is 173 g/mol. The molecule has 4 nitrogen and oxygen atoms in total. The van der Waals surface area contributed by atoms with E-state index in [-0.39, 0.29) is 12.1 Å². The molecule has 2 atom stereocenters. The zero-order valence-corrected chi connectivity index (χ0v) is 7.03. The van der Waals surface area contributed by atoms with Gasteiger partial charge in [0.05, 0.1) is 6.42 Å². The first-order valence-electron chi connectivity index (χ1n) is 4.31. The highest BCUT2D eigenvalue weighted by atomic mass is 16.6. The lowest BCUT2D eigenvalue weighted by molar-refractivity contribution is -0.169. The summed E-state index contributed by atoms with van der Waals surface area (Å²) in [5.74, 6) is -0.0983. The number of esters is 1. The van der Waals surface area contributed by atoms with E-state index < -0.39 is 6.23 Å². The Morgan fingerprint density at radius 1 is 1.67 bits per heavy atom. The minimum Gasteiger partial charge on any atom is -0.462 e. The lowest BCUT2D eigenvalue weighted by Crippen LogP contribution is -2.32. The molecule has 4 heteroatoms. The summed E-state index contributed by atoms with van der Waals surface area (Å²) < 4.78 is 4.81. The number of unbranched alkanes of at least 4 members (excludes halogenated alkanes) is 1. The molecule has 0 aliphatic carbocycles. The first-order chi connectivity index (χ1) is 5.68. The molecule has 1 aliphatic rings. The number of carbonyl (C=O) groups excluding carboxylic acids is 1. The first-order valence-corrected chi connectivity index (χ1v) is 4.31. The van der Waals surface area contributed by atoms with Crippen LogP contribution in [0.4, 0.5) is 0 Å². The van der Waals surface area contributed by atoms with E-state index >= 15 is 0 Å². The molecule has 2 unspecified atom stereocenters. The van der Waals surface area contributed by atoms with Gasteiger partial charge in [-0.3, -0.25) is 4.79 Å². The van der Waals surface area contributed by atoms with Crippen molar-refractivity contribution >= 4 is 5.97 Å². The van der Waals surface area contributed by atoms with Crippen molar-refractivity contribution < 1.29 is 14.6 Å². The maximum atomic E-state index is 10.4. The Kier molecular flexibility index (Phi) is 3.49. The number of aliphatic hydroxyl groups excluding tert-OH is 1. The molecule has 1 aliphatic heterocycles. The molecule has 0 saturated carbocycles. The topological polar surface area (TPSA) is 72.5 Å². The second-order valence-corrected chi connectivity index (χ2v) is 3.17. The minimum atomic E-state index is -0.700. The molecule has 0 amide bonds. The smallest absolute Gasteiger partial charge is 0.309 e. The van der Waals surface area contributed by atoms with Gasteiger partial charge >= 0.3 is 5.97 Å². The van der Waals surface area contributed by atoms with Crippen LogP contribution >= 0.6 is 0 Å². The first kappa shape index (κ1) is 9.48. The summed E-state index contributed by atoms with van der Waals surface area (Å²) in [6.45, 7) is 0. The molecule has 70 valence electrons. The summed E-state index contributed by atoms with van der Waals surface area (Å²) >= 11 is 0. The van der Waals surface area contributed by atoms with Crippen LogP contribution in [0.5, 0.6) is 0 Å². The number of aliphatic hydroxyl groups is 1. The van der Waals surface area contributed by atoms with E-state index in [9.17, 15) is 4.79 Å². The van der Waals surface area contributed by atoms with E-state index in [1.165, 1.54) is 0 Å². The van der Waals surface area contributed by atoms with Crippen molar-refractivity contribution in [1.82, 2.24) is 0 Å². The summed E-state index contributed by atoms with van der Waals surface area (Å²) in [7, 11) is 0. The van der Waals surface area contributed by atoms with Crippen molar-refractivity contribution in [2.75, 3.05) is 0 Å². The molecule has 0 aromatic rings. The highest BCUT2D eigenvalue weighted by Crippen LogP contribution is 2.19. The SMILES string of the molecule is NC(O)CCCCC1CC(=O)O1. The third-order valence-corrected chi connectivity index (χ3v) is 1.97. The summed E-state index contributed by atoms with van der Waals surface area (Å²) in [6, 6.07) is 0. The van der Waals surface area contributed by atoms with E-state index in [2.05, 4.69) is 0 Å². The largest absolute Gasteiger partial charge is 0.462 e. The molecular formula is C8H15NO3. The van der Waals surface area contributed by atoms with E-state index in [0.29, 0.717) is 12.8 Å². The van der Waals surface area contributed by atoms with Crippen LogP contribution in [0.15, 0.2) is 0 Å². The Labute approximate surface area is 71.7 Å². The van der Waals surface area contributed by atoms with Crippen LogP contribution in [0, 0.1) is 0 Å². The Morgan fingerprint density at radius 2 is 2.33 bits per heavy atom. The summed E-state index contributed by atoms with van der Waals surface area (Å²) in [6.07, 6.45) is 3.38. The van der Waals surface area contributed by atoms with Gasteiger partial charge in [0, 0.05) is 0 Å². The summed E-state index contributed by atoms with van der Waals surface area (Å²) in [4.78, 5) is 10.4. The lowest BCUT2D eigenvalue weighted by Gasteiger charge is -2.25. The van der Waals surface area contributed by atoms with Crippen molar-refractivity contribution in [3.05, 3.63) is 0 Å². The fourth-order valence-corrected chi connectivity index (χ4v) is 1.25. The van der Waals surface area contributed by atoms with Crippen LogP contribution in [0.1, 0.15) is 32.1 Å². The van der Waals surface area contributed by atoms with E-state index in [0.717, 1.165) is 19.3 Å². The number of hydrogen-bond acceptors (Lipinski definition) is 4. The molecule has 0 radical (unpaired) electrons. The molecule has 1 saturated heterocycles. The average molecular weight is 173 g/mol. The Bertz CT molecular complexity index is 150. The summed E-state index contributed by atoms with van der Waals surface area (Å²) in [5, 5.41) is 8.72. The number of carbonyl (C=O) groups is 1. The van der Waals surface area contributed by atoms with Crippen LogP contribution < -0.4 is 5.73 Å². The highest BCUT2D eigenvalue weighted by molar-refractivity contribution is 5.75. The van der Waals surface area contributed by atoms with Crippen LogP contribution in [0.2, 0.25) is 0 Å². The van der Waals surface area contributed by atoms with Crippen molar-refractivity contribution in [1.29, 1.82) is 0 Å². The molecule has 0 aromatic heterocycles. The van der Waals surface area contributed by atoms with E-state index in [1.54, 1.807) is 0 Å².